The van der Waals surface area contributed by atoms with Gasteiger partial charge in [0.25, 0.3) is 5.92 Å². The van der Waals surface area contributed by atoms with Gasteiger partial charge >= 0.3 is 41.7 Å². The number of hydrogen-bond donors (Lipinski definition) is 0. The van der Waals surface area contributed by atoms with Crippen molar-refractivity contribution in [3.8, 4) is 0 Å². The van der Waals surface area contributed by atoms with E-state index in [1.165, 1.54) is 0 Å². The van der Waals surface area contributed by atoms with Gasteiger partial charge in [-0.15, -0.1) is 0 Å². The maximum absolute atomic E-state index is 13.9. The first-order valence-corrected chi connectivity index (χ1v) is 6.51. The van der Waals surface area contributed by atoms with Crippen molar-refractivity contribution in [3.63, 3.8) is 0 Å². The quantitative estimate of drug-likeness (QED) is 0.406. The molecule has 0 N–H and O–H groups in total. The molecule has 1 unspecified atom stereocenters. The zero-order valence-electron chi connectivity index (χ0n) is 13.2. The highest BCUT2D eigenvalue weighted by atomic mass is 19.4. The Hall–Kier alpha value is -1.23. The molecule has 1 nitrogen and oxygen atoms in total. The van der Waals surface area contributed by atoms with E-state index >= 15 is 0 Å². The zero-order valence-corrected chi connectivity index (χ0v) is 13.2. The molecule has 0 bridgehead atoms. The third-order valence-electron chi connectivity index (χ3n) is 3.56. The molecule has 0 aromatic rings. The molecule has 0 radical (unpaired) electrons. The molecule has 0 fully saturated rings. The number of alkyl halides is 17. The second-order valence-corrected chi connectivity index (χ2v) is 5.41. The van der Waals surface area contributed by atoms with E-state index in [0.717, 1.165) is 0 Å². The Morgan fingerprint density at radius 3 is 1.00 bits per heavy atom. The van der Waals surface area contributed by atoms with Crippen molar-refractivity contribution in [3.05, 3.63) is 0 Å². The van der Waals surface area contributed by atoms with Crippen molar-refractivity contribution in [2.45, 2.75) is 54.1 Å². The van der Waals surface area contributed by atoms with Crippen LogP contribution < -0.4 is 0 Å². The molecule has 1 atom stereocenters. The van der Waals surface area contributed by atoms with E-state index < -0.39 is 60.7 Å². The van der Waals surface area contributed by atoms with Crippen LogP contribution in [-0.2, 0) is 4.74 Å². The Morgan fingerprint density at radius 2 is 0.759 bits per heavy atom. The predicted molar refractivity (Wildman–Crippen MR) is 57.2 cm³/mol. The summed E-state index contributed by atoms with van der Waals surface area (Å²) in [7, 11) is 0.399. The molecule has 0 aliphatic rings. The third-order valence-corrected chi connectivity index (χ3v) is 3.56. The number of rotatable bonds is 7. The fraction of sp³-hybridized carbons (Fsp3) is 1.00. The molecule has 0 saturated heterocycles. The van der Waals surface area contributed by atoms with Gasteiger partial charge in [-0.1, -0.05) is 0 Å². The van der Waals surface area contributed by atoms with Gasteiger partial charge in [-0.2, -0.15) is 57.1 Å². The van der Waals surface area contributed by atoms with Gasteiger partial charge in [-0.25, -0.2) is 17.6 Å². The molecule has 0 aliphatic heterocycles. The minimum Gasteiger partial charge on any atom is -0.384 e. The summed E-state index contributed by atoms with van der Waals surface area (Å²) in [4.78, 5) is 0. The van der Waals surface area contributed by atoms with Crippen LogP contribution in [0.2, 0.25) is 0 Å². The minimum atomic E-state index is -8.75. The van der Waals surface area contributed by atoms with Crippen LogP contribution in [-0.4, -0.2) is 61.4 Å². The first-order valence-electron chi connectivity index (χ1n) is 6.51. The molecular formula is C11H7F17O. The summed E-state index contributed by atoms with van der Waals surface area (Å²) in [6, 6.07) is 0. The highest BCUT2D eigenvalue weighted by molar-refractivity contribution is 5.21. The van der Waals surface area contributed by atoms with E-state index in [4.69, 9.17) is 0 Å². The largest absolute Gasteiger partial charge is 0.438 e. The monoisotopic (exact) mass is 478 g/mol. The van der Waals surface area contributed by atoms with Crippen molar-refractivity contribution in [2.75, 3.05) is 13.7 Å². The van der Waals surface area contributed by atoms with E-state index in [0.29, 0.717) is 7.11 Å². The first-order chi connectivity index (χ1) is 12.3. The van der Waals surface area contributed by atoms with Gasteiger partial charge in [-0.05, 0) is 0 Å². The maximum Gasteiger partial charge on any atom is 0.438 e. The second kappa shape index (κ2) is 7.18. The van der Waals surface area contributed by atoms with Crippen molar-refractivity contribution < 1.29 is 79.4 Å². The lowest BCUT2D eigenvalue weighted by Gasteiger charge is -2.46. The number of hydrogen-bond acceptors (Lipinski definition) is 1. The molecule has 0 aromatic heterocycles. The minimum absolute atomic E-state index is 0.399. The van der Waals surface area contributed by atoms with Crippen LogP contribution >= 0.6 is 0 Å². The van der Waals surface area contributed by atoms with Gasteiger partial charge in [0.2, 0.25) is 0 Å². The van der Waals surface area contributed by atoms with E-state index in [1.54, 1.807) is 0 Å². The summed E-state index contributed by atoms with van der Waals surface area (Å²) in [6.07, 6.45) is -27.0. The van der Waals surface area contributed by atoms with Crippen LogP contribution in [0.1, 0.15) is 6.42 Å². The molecule has 29 heavy (non-hydrogen) atoms. The molecule has 0 saturated carbocycles. The third kappa shape index (κ3) is 3.68. The standard InChI is InChI=1S/C11H7F17O/c1-29-3-2-4(12,13)5(14,9(20,21)22)7(16,17)8(18,19)6(15,10(23,24)25)11(26,27)28/h2-3H2,1H3. The molecule has 0 heterocycles. The van der Waals surface area contributed by atoms with Gasteiger partial charge in [0.15, 0.2) is 0 Å². The van der Waals surface area contributed by atoms with Crippen LogP contribution in [0.15, 0.2) is 0 Å². The predicted octanol–water partition coefficient (Wildman–Crippen LogP) is 6.03. The number of halogens is 17. The summed E-state index contributed by atoms with van der Waals surface area (Å²) < 4.78 is 224. The van der Waals surface area contributed by atoms with Crippen molar-refractivity contribution >= 4 is 0 Å². The molecule has 0 aliphatic carbocycles. The Kier molecular flexibility index (Phi) is 6.87. The fourth-order valence-electron chi connectivity index (χ4n) is 1.97. The Bertz CT molecular complexity index is 555. The van der Waals surface area contributed by atoms with Crippen LogP contribution in [0.3, 0.4) is 0 Å². The van der Waals surface area contributed by atoms with Gasteiger partial charge < -0.3 is 4.74 Å². The van der Waals surface area contributed by atoms with Crippen molar-refractivity contribution in [1.82, 2.24) is 0 Å². The van der Waals surface area contributed by atoms with Crippen LogP contribution in [0, 0.1) is 0 Å². The summed E-state index contributed by atoms with van der Waals surface area (Å²) in [5, 5.41) is 0. The van der Waals surface area contributed by atoms with Crippen molar-refractivity contribution in [1.29, 1.82) is 0 Å². The van der Waals surface area contributed by atoms with Gasteiger partial charge in [0.1, 0.15) is 0 Å². The Labute approximate surface area is 148 Å². The van der Waals surface area contributed by atoms with Crippen molar-refractivity contribution in [2.24, 2.45) is 0 Å². The van der Waals surface area contributed by atoms with E-state index in [1.807, 2.05) is 0 Å². The smallest absolute Gasteiger partial charge is 0.384 e. The SMILES string of the molecule is COCCC(F)(F)C(F)(C(F)(F)F)C(F)(F)C(F)(F)C(F)(C(F)(F)F)C(F)(F)F. The average molecular weight is 478 g/mol. The van der Waals surface area contributed by atoms with E-state index in [-0.39, 0.29) is 0 Å². The Balaban J connectivity index is 7.16. The van der Waals surface area contributed by atoms with Crippen LogP contribution in [0.25, 0.3) is 0 Å². The molecule has 0 amide bonds. The molecule has 176 valence electrons. The summed E-state index contributed by atoms with van der Waals surface area (Å²) >= 11 is 0. The molecular weight excluding hydrogens is 471 g/mol. The lowest BCUT2D eigenvalue weighted by Crippen LogP contribution is -2.79. The molecule has 0 aromatic carbocycles. The average Bonchev–Trinajstić information content (AvgIpc) is 2.47. The van der Waals surface area contributed by atoms with Gasteiger partial charge in [-0.3, -0.25) is 0 Å². The lowest BCUT2D eigenvalue weighted by atomic mass is 9.78. The lowest BCUT2D eigenvalue weighted by molar-refractivity contribution is -0.466. The highest BCUT2D eigenvalue weighted by Gasteiger charge is 2.98. The molecule has 0 rings (SSSR count). The number of ether oxygens (including phenoxy) is 1. The van der Waals surface area contributed by atoms with Gasteiger partial charge in [0, 0.05) is 13.5 Å². The molecule has 18 heteroatoms. The topological polar surface area (TPSA) is 9.23 Å². The highest BCUT2D eigenvalue weighted by Crippen LogP contribution is 2.66. The van der Waals surface area contributed by atoms with E-state index in [2.05, 4.69) is 4.74 Å². The zero-order chi connectivity index (χ0) is 24.1. The summed E-state index contributed by atoms with van der Waals surface area (Å²) in [5.41, 5.74) is -16.6. The first kappa shape index (κ1) is 27.8. The van der Waals surface area contributed by atoms with Crippen LogP contribution in [0.4, 0.5) is 74.6 Å². The maximum atomic E-state index is 13.9. The summed E-state index contributed by atoms with van der Waals surface area (Å²) in [6.45, 7) is -1.80. The molecule has 0 spiro atoms. The number of methoxy groups -OCH3 is 1. The fourth-order valence-corrected chi connectivity index (χ4v) is 1.97. The Morgan fingerprint density at radius 1 is 0.483 bits per heavy atom. The van der Waals surface area contributed by atoms with E-state index in [9.17, 15) is 74.6 Å². The van der Waals surface area contributed by atoms with Gasteiger partial charge in [0.05, 0.1) is 6.61 Å². The van der Waals surface area contributed by atoms with Crippen LogP contribution in [0.5, 0.6) is 0 Å². The second-order valence-electron chi connectivity index (χ2n) is 5.41. The normalized spacial score (nSPS) is 18.0. The summed E-state index contributed by atoms with van der Waals surface area (Å²) in [5.74, 6) is -24.2.